The number of carbonyl (C=O) groups excluding carboxylic acids is 1. The molecule has 0 N–H and O–H groups in total. The fraction of sp³-hybridized carbons (Fsp3) is 0.0952. The lowest BCUT2D eigenvalue weighted by Crippen LogP contribution is -1.98. The molecule has 132 valence electrons. The molecule has 2 aromatic carbocycles. The standard InChI is InChI=1S/C21H16Br2O3/c1-3-8-25-20-17(22)10-14(11-18(20)23)9-16-12-19(26-21(16)24)15-6-4-13(2)5-7-15/h3-7,9-12H,1,8H2,2H3/b16-9+. The number of benzene rings is 2. The summed E-state index contributed by atoms with van der Waals surface area (Å²) in [7, 11) is 0. The molecule has 3 rings (SSSR count). The van der Waals surface area contributed by atoms with Crippen LogP contribution in [0.15, 0.2) is 69.6 Å². The van der Waals surface area contributed by atoms with E-state index in [9.17, 15) is 4.79 Å². The van der Waals surface area contributed by atoms with Gasteiger partial charge in [-0.15, -0.1) is 0 Å². The van der Waals surface area contributed by atoms with Crippen LogP contribution in [-0.2, 0) is 9.53 Å². The fourth-order valence-electron chi connectivity index (χ4n) is 2.47. The van der Waals surface area contributed by atoms with Crippen molar-refractivity contribution in [2.24, 2.45) is 0 Å². The number of carbonyl (C=O) groups is 1. The Labute approximate surface area is 169 Å². The molecular weight excluding hydrogens is 460 g/mol. The van der Waals surface area contributed by atoms with Crippen molar-refractivity contribution < 1.29 is 14.3 Å². The van der Waals surface area contributed by atoms with E-state index in [0.717, 1.165) is 25.6 Å². The number of hydrogen-bond donors (Lipinski definition) is 0. The lowest BCUT2D eigenvalue weighted by atomic mass is 10.1. The van der Waals surface area contributed by atoms with Crippen LogP contribution in [-0.4, -0.2) is 12.6 Å². The maximum absolute atomic E-state index is 12.2. The molecule has 3 nitrogen and oxygen atoms in total. The minimum atomic E-state index is -0.361. The number of hydrogen-bond acceptors (Lipinski definition) is 3. The van der Waals surface area contributed by atoms with Crippen molar-refractivity contribution in [2.75, 3.05) is 6.61 Å². The van der Waals surface area contributed by atoms with E-state index in [2.05, 4.69) is 38.4 Å². The molecule has 0 atom stereocenters. The van der Waals surface area contributed by atoms with Gasteiger partial charge in [0.25, 0.3) is 0 Å². The lowest BCUT2D eigenvalue weighted by molar-refractivity contribution is -0.130. The summed E-state index contributed by atoms with van der Waals surface area (Å²) >= 11 is 7.00. The van der Waals surface area contributed by atoms with E-state index in [1.165, 1.54) is 0 Å². The highest BCUT2D eigenvalue weighted by Crippen LogP contribution is 2.36. The van der Waals surface area contributed by atoms with E-state index < -0.39 is 0 Å². The molecule has 1 aliphatic rings. The minimum Gasteiger partial charge on any atom is -0.487 e. The maximum Gasteiger partial charge on any atom is 0.343 e. The van der Waals surface area contributed by atoms with Gasteiger partial charge in [-0.3, -0.25) is 0 Å². The van der Waals surface area contributed by atoms with Gasteiger partial charge in [-0.05, 0) is 68.6 Å². The summed E-state index contributed by atoms with van der Waals surface area (Å²) in [5, 5.41) is 0. The first-order chi connectivity index (χ1) is 12.5. The second kappa shape index (κ2) is 8.06. The first kappa shape index (κ1) is 18.7. The number of rotatable bonds is 5. The molecule has 26 heavy (non-hydrogen) atoms. The Hall–Kier alpha value is -2.11. The zero-order chi connectivity index (χ0) is 18.7. The van der Waals surface area contributed by atoms with Gasteiger partial charge in [0.15, 0.2) is 0 Å². The van der Waals surface area contributed by atoms with Crippen LogP contribution in [0.5, 0.6) is 5.75 Å². The predicted molar refractivity (Wildman–Crippen MR) is 111 cm³/mol. The van der Waals surface area contributed by atoms with Crippen LogP contribution in [0.25, 0.3) is 11.8 Å². The third-order valence-corrected chi connectivity index (χ3v) is 4.93. The van der Waals surface area contributed by atoms with Gasteiger partial charge in [-0.25, -0.2) is 4.79 Å². The second-order valence-electron chi connectivity index (χ2n) is 5.78. The monoisotopic (exact) mass is 474 g/mol. The first-order valence-corrected chi connectivity index (χ1v) is 9.52. The number of cyclic esters (lactones) is 1. The van der Waals surface area contributed by atoms with Crippen molar-refractivity contribution in [3.63, 3.8) is 0 Å². The van der Waals surface area contributed by atoms with Crippen LogP contribution in [0, 0.1) is 6.92 Å². The zero-order valence-corrected chi connectivity index (χ0v) is 17.3. The van der Waals surface area contributed by atoms with E-state index in [4.69, 9.17) is 9.47 Å². The summed E-state index contributed by atoms with van der Waals surface area (Å²) < 4.78 is 12.6. The molecule has 0 spiro atoms. The summed E-state index contributed by atoms with van der Waals surface area (Å²) in [5.41, 5.74) is 3.38. The van der Waals surface area contributed by atoms with Crippen molar-refractivity contribution in [3.05, 3.63) is 86.3 Å². The molecule has 0 radical (unpaired) electrons. The predicted octanol–water partition coefficient (Wildman–Crippen LogP) is 6.07. The SMILES string of the molecule is C=CCOc1c(Br)cc(/C=C2\C=C(c3ccc(C)cc3)OC2=O)cc1Br. The highest BCUT2D eigenvalue weighted by molar-refractivity contribution is 9.11. The highest BCUT2D eigenvalue weighted by atomic mass is 79.9. The summed E-state index contributed by atoms with van der Waals surface area (Å²) in [5.74, 6) is 0.891. The molecule has 5 heteroatoms. The molecule has 1 heterocycles. The molecule has 0 fully saturated rings. The van der Waals surface area contributed by atoms with E-state index >= 15 is 0 Å². The fourth-order valence-corrected chi connectivity index (χ4v) is 3.92. The van der Waals surface area contributed by atoms with Crippen molar-refractivity contribution >= 4 is 49.7 Å². The summed E-state index contributed by atoms with van der Waals surface area (Å²) in [6.07, 6.45) is 5.23. The molecular formula is C21H16Br2O3. The van der Waals surface area contributed by atoms with Gasteiger partial charge >= 0.3 is 5.97 Å². The van der Waals surface area contributed by atoms with Gasteiger partial charge in [0.2, 0.25) is 0 Å². The quantitative estimate of drug-likeness (QED) is 0.299. The Kier molecular flexibility index (Phi) is 5.79. The molecule has 0 bridgehead atoms. The Morgan fingerprint density at radius 2 is 1.81 bits per heavy atom. The lowest BCUT2D eigenvalue weighted by Gasteiger charge is -2.09. The Bertz CT molecular complexity index is 902. The molecule has 0 aliphatic carbocycles. The average molecular weight is 476 g/mol. The van der Waals surface area contributed by atoms with Crippen LogP contribution >= 0.6 is 31.9 Å². The zero-order valence-electron chi connectivity index (χ0n) is 14.1. The summed E-state index contributed by atoms with van der Waals surface area (Å²) in [4.78, 5) is 12.2. The first-order valence-electron chi connectivity index (χ1n) is 7.93. The van der Waals surface area contributed by atoms with Gasteiger partial charge in [0, 0.05) is 5.56 Å². The third kappa shape index (κ3) is 4.17. The third-order valence-electron chi connectivity index (χ3n) is 3.75. The maximum atomic E-state index is 12.2. The number of esters is 1. The Morgan fingerprint density at radius 3 is 2.42 bits per heavy atom. The molecule has 0 unspecified atom stereocenters. The molecule has 2 aromatic rings. The van der Waals surface area contributed by atoms with Gasteiger partial charge in [0.05, 0.1) is 14.5 Å². The number of aryl methyl sites for hydroxylation is 1. The van der Waals surface area contributed by atoms with Crippen LogP contribution in [0.3, 0.4) is 0 Å². The molecule has 0 saturated carbocycles. The highest BCUT2D eigenvalue weighted by Gasteiger charge is 2.22. The van der Waals surface area contributed by atoms with Crippen molar-refractivity contribution in [3.8, 4) is 5.75 Å². The molecule has 0 aromatic heterocycles. The second-order valence-corrected chi connectivity index (χ2v) is 7.49. The van der Waals surface area contributed by atoms with E-state index in [-0.39, 0.29) is 5.97 Å². The van der Waals surface area contributed by atoms with Crippen LogP contribution in [0.4, 0.5) is 0 Å². The number of ether oxygens (including phenoxy) is 2. The molecule has 0 saturated heterocycles. The Balaban J connectivity index is 1.90. The van der Waals surface area contributed by atoms with Gasteiger partial charge in [-0.2, -0.15) is 0 Å². The van der Waals surface area contributed by atoms with Crippen LogP contribution in [0.1, 0.15) is 16.7 Å². The topological polar surface area (TPSA) is 35.5 Å². The van der Waals surface area contributed by atoms with Crippen molar-refractivity contribution in [1.29, 1.82) is 0 Å². The van der Waals surface area contributed by atoms with Gasteiger partial charge in [0.1, 0.15) is 18.1 Å². The van der Waals surface area contributed by atoms with E-state index in [0.29, 0.717) is 23.7 Å². The molecule has 0 amide bonds. The molecule has 1 aliphatic heterocycles. The van der Waals surface area contributed by atoms with Crippen LogP contribution in [0.2, 0.25) is 0 Å². The normalized spacial score (nSPS) is 15.0. The van der Waals surface area contributed by atoms with Crippen LogP contribution < -0.4 is 4.74 Å². The number of halogens is 2. The summed E-state index contributed by atoms with van der Waals surface area (Å²) in [6, 6.07) is 11.6. The minimum absolute atomic E-state index is 0.361. The smallest absolute Gasteiger partial charge is 0.343 e. The summed E-state index contributed by atoms with van der Waals surface area (Å²) in [6.45, 7) is 6.07. The van der Waals surface area contributed by atoms with E-state index in [1.807, 2.05) is 43.3 Å². The van der Waals surface area contributed by atoms with Gasteiger partial charge in [-0.1, -0.05) is 42.5 Å². The largest absolute Gasteiger partial charge is 0.487 e. The average Bonchev–Trinajstić information content (AvgIpc) is 2.95. The van der Waals surface area contributed by atoms with Crippen molar-refractivity contribution in [1.82, 2.24) is 0 Å². The van der Waals surface area contributed by atoms with Crippen molar-refractivity contribution in [2.45, 2.75) is 6.92 Å². The Morgan fingerprint density at radius 1 is 1.15 bits per heavy atom. The van der Waals surface area contributed by atoms with Gasteiger partial charge < -0.3 is 9.47 Å². The van der Waals surface area contributed by atoms with E-state index in [1.54, 1.807) is 18.2 Å².